The third-order valence-corrected chi connectivity index (χ3v) is 4.97. The Labute approximate surface area is 115 Å². The molecule has 0 aromatic heterocycles. The normalized spacial score (nSPS) is 18.6. The molecule has 0 amide bonds. The zero-order chi connectivity index (χ0) is 13.2. The van der Waals surface area contributed by atoms with E-state index in [2.05, 4.69) is 39.0 Å². The van der Waals surface area contributed by atoms with E-state index in [0.29, 0.717) is 6.10 Å². The Morgan fingerprint density at radius 3 is 2.67 bits per heavy atom. The van der Waals surface area contributed by atoms with E-state index in [1.54, 1.807) is 0 Å². The highest BCUT2D eigenvalue weighted by Crippen LogP contribution is 2.39. The SMILES string of the molecule is CCC(CC)(CCl)CC1Cc2cc(C)ccc2O1. The standard InChI is InChI=1S/C16H23ClO/c1-4-16(5-2,11-17)10-14-9-13-8-12(3)6-7-15(13)18-14/h6-8,14H,4-5,9-11H2,1-3H3. The first-order valence-corrected chi connectivity index (χ1v) is 7.48. The van der Waals surface area contributed by atoms with E-state index in [1.165, 1.54) is 11.1 Å². The average molecular weight is 267 g/mol. The summed E-state index contributed by atoms with van der Waals surface area (Å²) in [6, 6.07) is 6.47. The van der Waals surface area contributed by atoms with Crippen molar-refractivity contribution in [2.75, 3.05) is 5.88 Å². The predicted octanol–water partition coefficient (Wildman–Crippen LogP) is 4.73. The van der Waals surface area contributed by atoms with Crippen LogP contribution in [0.2, 0.25) is 0 Å². The molecule has 1 aliphatic rings. The Kier molecular flexibility index (Phi) is 4.21. The fourth-order valence-electron chi connectivity index (χ4n) is 2.83. The lowest BCUT2D eigenvalue weighted by Gasteiger charge is -2.31. The van der Waals surface area contributed by atoms with Crippen molar-refractivity contribution < 1.29 is 4.74 Å². The van der Waals surface area contributed by atoms with E-state index in [0.717, 1.165) is 37.3 Å². The molecule has 100 valence electrons. The van der Waals surface area contributed by atoms with Gasteiger partial charge in [0.25, 0.3) is 0 Å². The molecule has 0 bridgehead atoms. The van der Waals surface area contributed by atoms with Crippen LogP contribution in [0.3, 0.4) is 0 Å². The van der Waals surface area contributed by atoms with Gasteiger partial charge in [0.1, 0.15) is 11.9 Å². The van der Waals surface area contributed by atoms with Crippen LogP contribution in [0.25, 0.3) is 0 Å². The van der Waals surface area contributed by atoms with Crippen LogP contribution in [0, 0.1) is 12.3 Å². The smallest absolute Gasteiger partial charge is 0.123 e. The van der Waals surface area contributed by atoms with Crippen molar-refractivity contribution in [3.8, 4) is 5.75 Å². The third kappa shape index (κ3) is 2.66. The van der Waals surface area contributed by atoms with E-state index in [4.69, 9.17) is 16.3 Å². The molecule has 2 rings (SSSR count). The number of hydrogen-bond acceptors (Lipinski definition) is 1. The monoisotopic (exact) mass is 266 g/mol. The first-order chi connectivity index (χ1) is 8.62. The molecule has 0 fully saturated rings. The van der Waals surface area contributed by atoms with Crippen LogP contribution >= 0.6 is 11.6 Å². The summed E-state index contributed by atoms with van der Waals surface area (Å²) in [5.41, 5.74) is 2.91. The minimum atomic E-state index is 0.239. The topological polar surface area (TPSA) is 9.23 Å². The number of fused-ring (bicyclic) bond motifs is 1. The number of aryl methyl sites for hydroxylation is 1. The molecular formula is C16H23ClO. The highest BCUT2D eigenvalue weighted by atomic mass is 35.5. The maximum Gasteiger partial charge on any atom is 0.123 e. The molecule has 0 aliphatic carbocycles. The number of hydrogen-bond donors (Lipinski definition) is 0. The molecular weight excluding hydrogens is 244 g/mol. The number of alkyl halides is 1. The molecule has 0 saturated carbocycles. The number of rotatable bonds is 5. The minimum absolute atomic E-state index is 0.239. The molecule has 0 spiro atoms. The van der Waals surface area contributed by atoms with Gasteiger partial charge in [0.05, 0.1) is 0 Å². The summed E-state index contributed by atoms with van der Waals surface area (Å²) in [5.74, 6) is 1.80. The highest BCUT2D eigenvalue weighted by molar-refractivity contribution is 6.18. The van der Waals surface area contributed by atoms with Crippen LogP contribution in [0.15, 0.2) is 18.2 Å². The minimum Gasteiger partial charge on any atom is -0.490 e. The molecule has 1 nitrogen and oxygen atoms in total. The lowest BCUT2D eigenvalue weighted by atomic mass is 9.78. The van der Waals surface area contributed by atoms with E-state index in [9.17, 15) is 0 Å². The van der Waals surface area contributed by atoms with Gasteiger partial charge in [0.2, 0.25) is 0 Å². The van der Waals surface area contributed by atoms with Gasteiger partial charge in [-0.2, -0.15) is 0 Å². The van der Waals surface area contributed by atoms with Crippen molar-refractivity contribution in [1.82, 2.24) is 0 Å². The molecule has 2 heteroatoms. The average Bonchev–Trinajstić information content (AvgIpc) is 2.77. The predicted molar refractivity (Wildman–Crippen MR) is 77.7 cm³/mol. The summed E-state index contributed by atoms with van der Waals surface area (Å²) >= 11 is 6.18. The van der Waals surface area contributed by atoms with E-state index < -0.39 is 0 Å². The van der Waals surface area contributed by atoms with Gasteiger partial charge in [-0.25, -0.2) is 0 Å². The fraction of sp³-hybridized carbons (Fsp3) is 0.625. The highest BCUT2D eigenvalue weighted by Gasteiger charge is 2.33. The van der Waals surface area contributed by atoms with Crippen LogP contribution < -0.4 is 4.74 Å². The van der Waals surface area contributed by atoms with Crippen LogP contribution in [0.5, 0.6) is 5.75 Å². The molecule has 1 aliphatic heterocycles. The Bertz CT molecular complexity index is 401. The first-order valence-electron chi connectivity index (χ1n) is 6.94. The van der Waals surface area contributed by atoms with E-state index >= 15 is 0 Å². The van der Waals surface area contributed by atoms with Gasteiger partial charge in [-0.3, -0.25) is 0 Å². The maximum absolute atomic E-state index is 6.18. The summed E-state index contributed by atoms with van der Waals surface area (Å²) in [6.45, 7) is 6.60. The third-order valence-electron chi connectivity index (χ3n) is 4.40. The Hall–Kier alpha value is -0.690. The molecule has 1 aromatic carbocycles. The first kappa shape index (κ1) is 13.7. The van der Waals surface area contributed by atoms with Crippen LogP contribution in [-0.4, -0.2) is 12.0 Å². The molecule has 0 saturated heterocycles. The summed E-state index contributed by atoms with van der Waals surface area (Å²) in [6.07, 6.45) is 4.66. The molecule has 1 aromatic rings. The van der Waals surface area contributed by atoms with E-state index in [-0.39, 0.29) is 5.41 Å². The Morgan fingerprint density at radius 2 is 2.06 bits per heavy atom. The van der Waals surface area contributed by atoms with Crippen molar-refractivity contribution in [3.63, 3.8) is 0 Å². The van der Waals surface area contributed by atoms with Gasteiger partial charge < -0.3 is 4.74 Å². The van der Waals surface area contributed by atoms with Gasteiger partial charge in [-0.15, -0.1) is 11.6 Å². The summed E-state index contributed by atoms with van der Waals surface area (Å²) in [4.78, 5) is 0. The van der Waals surface area contributed by atoms with Crippen LogP contribution in [0.1, 0.15) is 44.2 Å². The van der Waals surface area contributed by atoms with Crippen molar-refractivity contribution in [2.45, 2.75) is 52.6 Å². The number of halogens is 1. The van der Waals surface area contributed by atoms with Crippen LogP contribution in [-0.2, 0) is 6.42 Å². The molecule has 1 atom stereocenters. The molecule has 0 N–H and O–H groups in total. The molecule has 18 heavy (non-hydrogen) atoms. The summed E-state index contributed by atoms with van der Waals surface area (Å²) in [7, 11) is 0. The summed E-state index contributed by atoms with van der Waals surface area (Å²) < 4.78 is 6.06. The molecule has 1 unspecified atom stereocenters. The second kappa shape index (κ2) is 5.52. The Balaban J connectivity index is 2.07. The second-order valence-corrected chi connectivity index (χ2v) is 5.87. The largest absolute Gasteiger partial charge is 0.490 e. The molecule has 1 heterocycles. The fourth-order valence-corrected chi connectivity index (χ4v) is 3.32. The quantitative estimate of drug-likeness (QED) is 0.700. The van der Waals surface area contributed by atoms with E-state index in [1.807, 2.05) is 0 Å². The van der Waals surface area contributed by atoms with Crippen molar-refractivity contribution in [1.29, 1.82) is 0 Å². The maximum atomic E-state index is 6.18. The molecule has 0 radical (unpaired) electrons. The Morgan fingerprint density at radius 1 is 1.33 bits per heavy atom. The van der Waals surface area contributed by atoms with Crippen molar-refractivity contribution >= 4 is 11.6 Å². The van der Waals surface area contributed by atoms with Gasteiger partial charge in [0, 0.05) is 12.3 Å². The zero-order valence-corrected chi connectivity index (χ0v) is 12.4. The van der Waals surface area contributed by atoms with Gasteiger partial charge in [-0.05, 0) is 43.2 Å². The van der Waals surface area contributed by atoms with Gasteiger partial charge in [-0.1, -0.05) is 31.5 Å². The van der Waals surface area contributed by atoms with Crippen LogP contribution in [0.4, 0.5) is 0 Å². The summed E-state index contributed by atoms with van der Waals surface area (Å²) in [5, 5.41) is 0. The van der Waals surface area contributed by atoms with Crippen molar-refractivity contribution in [2.24, 2.45) is 5.41 Å². The van der Waals surface area contributed by atoms with Gasteiger partial charge >= 0.3 is 0 Å². The lowest BCUT2D eigenvalue weighted by Crippen LogP contribution is -2.29. The lowest BCUT2D eigenvalue weighted by molar-refractivity contribution is 0.140. The van der Waals surface area contributed by atoms with Crippen molar-refractivity contribution in [3.05, 3.63) is 29.3 Å². The number of ether oxygens (including phenoxy) is 1. The second-order valence-electron chi connectivity index (χ2n) is 5.60. The zero-order valence-electron chi connectivity index (χ0n) is 11.6. The number of benzene rings is 1. The van der Waals surface area contributed by atoms with Gasteiger partial charge in [0.15, 0.2) is 0 Å².